The number of ether oxygens (including phenoxy) is 3. The van der Waals surface area contributed by atoms with Gasteiger partial charge in [0.15, 0.2) is 5.02 Å². The summed E-state index contributed by atoms with van der Waals surface area (Å²) in [6.07, 6.45) is -0.0311. The first-order valence-corrected chi connectivity index (χ1v) is 6.30. The van der Waals surface area contributed by atoms with E-state index in [1.54, 1.807) is 6.92 Å². The first kappa shape index (κ1) is 14.5. The predicted octanol–water partition coefficient (Wildman–Crippen LogP) is 2.20. The maximum atomic E-state index is 11.7. The third-order valence-corrected chi connectivity index (χ3v) is 2.93. The quantitative estimate of drug-likeness (QED) is 0.346. The van der Waals surface area contributed by atoms with Crippen LogP contribution in [0.2, 0.25) is 5.02 Å². The summed E-state index contributed by atoms with van der Waals surface area (Å²) in [5.74, 6) is -0.598. The minimum atomic E-state index is -0.675. The normalized spacial score (nSPS) is 16.6. The number of rotatable bonds is 6. The standard InChI is InChI=1S/C12H12ClNO6/c1-2-18-12(15)7-3-9(14(16)17)11(13)10(4-7)20-6-8-5-19-8/h3-4,8H,2,5-6H2,1H3/t8-/m1/s1. The van der Waals surface area contributed by atoms with Crippen molar-refractivity contribution in [2.75, 3.05) is 19.8 Å². The topological polar surface area (TPSA) is 91.2 Å². The highest BCUT2D eigenvalue weighted by Gasteiger charge is 2.26. The number of epoxide rings is 1. The Hall–Kier alpha value is -1.86. The highest BCUT2D eigenvalue weighted by atomic mass is 35.5. The van der Waals surface area contributed by atoms with Crippen LogP contribution in [0.15, 0.2) is 12.1 Å². The lowest BCUT2D eigenvalue weighted by atomic mass is 10.2. The van der Waals surface area contributed by atoms with E-state index in [4.69, 9.17) is 25.8 Å². The molecule has 7 nitrogen and oxygen atoms in total. The Morgan fingerprint density at radius 3 is 2.85 bits per heavy atom. The van der Waals surface area contributed by atoms with Crippen molar-refractivity contribution < 1.29 is 23.9 Å². The van der Waals surface area contributed by atoms with E-state index in [2.05, 4.69) is 0 Å². The van der Waals surface area contributed by atoms with Crippen LogP contribution in [0.25, 0.3) is 0 Å². The number of hydrogen-bond donors (Lipinski definition) is 0. The van der Waals surface area contributed by atoms with E-state index >= 15 is 0 Å². The van der Waals surface area contributed by atoms with Gasteiger partial charge in [-0.25, -0.2) is 4.79 Å². The van der Waals surface area contributed by atoms with E-state index in [1.165, 1.54) is 6.07 Å². The van der Waals surface area contributed by atoms with Gasteiger partial charge in [-0.2, -0.15) is 0 Å². The molecule has 2 rings (SSSR count). The Kier molecular flexibility index (Phi) is 4.41. The Bertz CT molecular complexity index is 543. The Labute approximate surface area is 119 Å². The van der Waals surface area contributed by atoms with Gasteiger partial charge in [0, 0.05) is 6.07 Å². The maximum Gasteiger partial charge on any atom is 0.338 e. The molecule has 1 saturated heterocycles. The van der Waals surface area contributed by atoms with Gasteiger partial charge in [0.1, 0.15) is 18.5 Å². The van der Waals surface area contributed by atoms with Crippen molar-refractivity contribution in [1.82, 2.24) is 0 Å². The summed E-state index contributed by atoms with van der Waals surface area (Å²) < 4.78 is 15.1. The summed E-state index contributed by atoms with van der Waals surface area (Å²) in [5, 5.41) is 10.8. The molecule has 0 N–H and O–H groups in total. The van der Waals surface area contributed by atoms with Gasteiger partial charge in [-0.15, -0.1) is 0 Å². The minimum Gasteiger partial charge on any atom is -0.489 e. The zero-order valence-corrected chi connectivity index (χ0v) is 11.4. The summed E-state index contributed by atoms with van der Waals surface area (Å²) in [6.45, 7) is 2.62. The highest BCUT2D eigenvalue weighted by Crippen LogP contribution is 2.36. The van der Waals surface area contributed by atoms with Gasteiger partial charge in [-0.3, -0.25) is 10.1 Å². The van der Waals surface area contributed by atoms with Crippen LogP contribution in [0.1, 0.15) is 17.3 Å². The van der Waals surface area contributed by atoms with Crippen LogP contribution in [0.4, 0.5) is 5.69 Å². The zero-order valence-electron chi connectivity index (χ0n) is 10.6. The number of nitro groups is 1. The molecule has 1 atom stereocenters. The van der Waals surface area contributed by atoms with Crippen LogP contribution in [0.3, 0.4) is 0 Å². The van der Waals surface area contributed by atoms with E-state index < -0.39 is 16.6 Å². The van der Waals surface area contributed by atoms with Crippen LogP contribution in [0, 0.1) is 10.1 Å². The number of carbonyl (C=O) groups is 1. The molecule has 108 valence electrons. The van der Waals surface area contributed by atoms with E-state index in [0.717, 1.165) is 6.07 Å². The first-order valence-electron chi connectivity index (χ1n) is 5.92. The molecule has 1 aliphatic heterocycles. The average Bonchev–Trinajstić information content (AvgIpc) is 3.21. The van der Waals surface area contributed by atoms with E-state index in [9.17, 15) is 14.9 Å². The SMILES string of the molecule is CCOC(=O)c1cc(OC[C@H]2CO2)c(Cl)c([N+](=O)[O-])c1. The number of esters is 1. The Morgan fingerprint density at radius 2 is 2.30 bits per heavy atom. The molecule has 0 unspecified atom stereocenters. The molecule has 20 heavy (non-hydrogen) atoms. The number of nitro benzene ring substituents is 1. The Balaban J connectivity index is 2.31. The summed E-state index contributed by atoms with van der Waals surface area (Å²) in [6, 6.07) is 2.40. The highest BCUT2D eigenvalue weighted by molar-refractivity contribution is 6.34. The van der Waals surface area contributed by atoms with Crippen LogP contribution in [-0.4, -0.2) is 36.8 Å². The minimum absolute atomic E-state index is 0.0228. The van der Waals surface area contributed by atoms with E-state index in [0.29, 0.717) is 6.61 Å². The second-order valence-electron chi connectivity index (χ2n) is 4.05. The molecule has 1 fully saturated rings. The smallest absolute Gasteiger partial charge is 0.338 e. The lowest BCUT2D eigenvalue weighted by molar-refractivity contribution is -0.384. The first-order chi connectivity index (χ1) is 9.52. The number of hydrogen-bond acceptors (Lipinski definition) is 6. The molecule has 1 aliphatic rings. The van der Waals surface area contributed by atoms with Gasteiger partial charge in [0.2, 0.25) is 0 Å². The van der Waals surface area contributed by atoms with Gasteiger partial charge in [-0.1, -0.05) is 11.6 Å². The molecule has 0 spiro atoms. The molecule has 0 amide bonds. The lowest BCUT2D eigenvalue weighted by Gasteiger charge is -2.09. The number of carbonyl (C=O) groups excluding carboxylic acids is 1. The molecule has 8 heteroatoms. The van der Waals surface area contributed by atoms with Crippen molar-refractivity contribution in [3.05, 3.63) is 32.8 Å². The summed E-state index contributed by atoms with van der Waals surface area (Å²) in [4.78, 5) is 21.9. The van der Waals surface area contributed by atoms with Crippen LogP contribution < -0.4 is 4.74 Å². The molecular formula is C12H12ClNO6. The van der Waals surface area contributed by atoms with Crippen molar-refractivity contribution in [1.29, 1.82) is 0 Å². The van der Waals surface area contributed by atoms with Gasteiger partial charge < -0.3 is 14.2 Å². The zero-order chi connectivity index (χ0) is 14.7. The maximum absolute atomic E-state index is 11.7. The van der Waals surface area contributed by atoms with Gasteiger partial charge in [-0.05, 0) is 13.0 Å². The van der Waals surface area contributed by atoms with E-state index in [1.807, 2.05) is 0 Å². The molecule has 0 saturated carbocycles. The second kappa shape index (κ2) is 6.06. The molecule has 0 aromatic heterocycles. The van der Waals surface area contributed by atoms with Crippen LogP contribution in [0.5, 0.6) is 5.75 Å². The third kappa shape index (κ3) is 3.37. The van der Waals surface area contributed by atoms with Crippen LogP contribution >= 0.6 is 11.6 Å². The predicted molar refractivity (Wildman–Crippen MR) is 69.3 cm³/mol. The summed E-state index contributed by atoms with van der Waals surface area (Å²) >= 11 is 5.90. The number of nitrogens with zero attached hydrogens (tertiary/aromatic N) is 1. The molecule has 0 radical (unpaired) electrons. The van der Waals surface area contributed by atoms with Crippen LogP contribution in [-0.2, 0) is 9.47 Å². The van der Waals surface area contributed by atoms with Crippen molar-refractivity contribution in [3.63, 3.8) is 0 Å². The van der Waals surface area contributed by atoms with Gasteiger partial charge >= 0.3 is 5.97 Å². The summed E-state index contributed by atoms with van der Waals surface area (Å²) in [5.41, 5.74) is -0.376. The largest absolute Gasteiger partial charge is 0.489 e. The number of halogens is 1. The molecule has 1 aromatic rings. The number of benzene rings is 1. The second-order valence-corrected chi connectivity index (χ2v) is 4.43. The van der Waals surface area contributed by atoms with Crippen molar-refractivity contribution in [2.45, 2.75) is 13.0 Å². The Morgan fingerprint density at radius 1 is 1.60 bits per heavy atom. The third-order valence-electron chi connectivity index (χ3n) is 2.55. The van der Waals surface area contributed by atoms with E-state index in [-0.39, 0.29) is 35.7 Å². The molecular weight excluding hydrogens is 290 g/mol. The van der Waals surface area contributed by atoms with Gasteiger partial charge in [0.25, 0.3) is 5.69 Å². The average molecular weight is 302 g/mol. The van der Waals surface area contributed by atoms with Crippen molar-refractivity contribution in [2.24, 2.45) is 0 Å². The fourth-order valence-electron chi connectivity index (χ4n) is 1.50. The summed E-state index contributed by atoms with van der Waals surface area (Å²) in [7, 11) is 0. The molecule has 0 aliphatic carbocycles. The molecule has 1 aromatic carbocycles. The fourth-order valence-corrected chi connectivity index (χ4v) is 1.73. The lowest BCUT2D eigenvalue weighted by Crippen LogP contribution is -2.09. The monoisotopic (exact) mass is 301 g/mol. The fraction of sp³-hybridized carbons (Fsp3) is 0.417. The van der Waals surface area contributed by atoms with Gasteiger partial charge in [0.05, 0.1) is 23.7 Å². The molecule has 0 bridgehead atoms. The molecule has 1 heterocycles. The van der Waals surface area contributed by atoms with Crippen molar-refractivity contribution in [3.8, 4) is 5.75 Å². The van der Waals surface area contributed by atoms with Crippen molar-refractivity contribution >= 4 is 23.3 Å².